The molecule has 3 rings (SSSR count). The number of fused-ring (bicyclic) bond motifs is 1. The van der Waals surface area contributed by atoms with Crippen LogP contribution in [0.3, 0.4) is 0 Å². The predicted octanol–water partition coefficient (Wildman–Crippen LogP) is 0.570. The fourth-order valence-corrected chi connectivity index (χ4v) is 2.63. The largest absolute Gasteiger partial charge is 0.506 e. The third kappa shape index (κ3) is 2.24. The highest BCUT2D eigenvalue weighted by Gasteiger charge is 2.35. The van der Waals surface area contributed by atoms with Crippen LogP contribution in [0.5, 0.6) is 5.75 Å². The smallest absolute Gasteiger partial charge is 0.236 e. The predicted molar refractivity (Wildman–Crippen MR) is 88.6 cm³/mol. The molecule has 1 aliphatic carbocycles. The van der Waals surface area contributed by atoms with Crippen LogP contribution in [0.2, 0.25) is 5.02 Å². The monoisotopic (exact) mass is 326 g/mol. The van der Waals surface area contributed by atoms with E-state index in [2.05, 4.69) is 0 Å². The van der Waals surface area contributed by atoms with E-state index in [4.69, 9.17) is 16.0 Å². The number of halogens is 1. The highest BCUT2D eigenvalue weighted by atomic mass is 35.5. The van der Waals surface area contributed by atoms with Gasteiger partial charge >= 0.3 is 0 Å². The molecular formula is C15H9B2ClO5. The molecule has 1 heterocycles. The van der Waals surface area contributed by atoms with Gasteiger partial charge in [0.05, 0.1) is 16.1 Å². The molecule has 0 radical (unpaired) electrons. The van der Waals surface area contributed by atoms with Crippen LogP contribution in [-0.4, -0.2) is 38.1 Å². The summed E-state index contributed by atoms with van der Waals surface area (Å²) in [7, 11) is 3.20. The van der Waals surface area contributed by atoms with Crippen molar-refractivity contribution in [1.29, 1.82) is 0 Å². The fraction of sp³-hybridized carbons (Fsp3) is 0. The van der Waals surface area contributed by atoms with Crippen molar-refractivity contribution in [3.05, 3.63) is 57.4 Å². The van der Waals surface area contributed by atoms with E-state index in [9.17, 15) is 19.5 Å². The van der Waals surface area contributed by atoms with Gasteiger partial charge in [-0.05, 0) is 29.1 Å². The zero-order valence-electron chi connectivity index (χ0n) is 12.3. The summed E-state index contributed by atoms with van der Waals surface area (Å²) in [6.07, 6.45) is 1.17. The lowest BCUT2D eigenvalue weighted by Crippen LogP contribution is -2.25. The van der Waals surface area contributed by atoms with E-state index in [1.54, 1.807) is 15.7 Å². The zero-order valence-corrected chi connectivity index (χ0v) is 13.0. The Kier molecular flexibility index (Phi) is 3.53. The van der Waals surface area contributed by atoms with Crippen LogP contribution >= 0.6 is 11.6 Å². The minimum absolute atomic E-state index is 0.00644. The van der Waals surface area contributed by atoms with Gasteiger partial charge < -0.3 is 9.52 Å². The number of allylic oxidation sites excluding steroid dienone is 1. The normalized spacial score (nSPS) is 14.1. The van der Waals surface area contributed by atoms with Crippen LogP contribution in [0.1, 0.15) is 32.0 Å². The average molecular weight is 326 g/mol. The van der Waals surface area contributed by atoms with Crippen molar-refractivity contribution in [2.45, 2.75) is 0 Å². The lowest BCUT2D eigenvalue weighted by Gasteiger charge is -2.13. The first-order valence-electron chi connectivity index (χ1n) is 6.74. The standard InChI is InChI=1S/C15H9B2ClO5/c16-10-11(17)15-9(13(21)14(10)22)6(4-23-15)12(20)5-1-2-8(19)7(18)3-5/h1-4,19H,16-17H2. The summed E-state index contributed by atoms with van der Waals surface area (Å²) in [5, 5.41) is 9.44. The maximum atomic E-state index is 12.6. The number of rotatable bonds is 2. The highest BCUT2D eigenvalue weighted by Crippen LogP contribution is 2.32. The molecular weight excluding hydrogens is 317 g/mol. The number of hydrogen-bond acceptors (Lipinski definition) is 5. The molecule has 1 aromatic heterocycles. The highest BCUT2D eigenvalue weighted by molar-refractivity contribution is 6.68. The lowest BCUT2D eigenvalue weighted by molar-refractivity contribution is -0.111. The number of carbonyl (C=O) groups is 3. The molecule has 1 aliphatic rings. The molecule has 0 bridgehead atoms. The number of benzene rings is 1. The summed E-state index contributed by atoms with van der Waals surface area (Å²) in [4.78, 5) is 36.8. The Balaban J connectivity index is 2.15. The Morgan fingerprint density at radius 2 is 1.83 bits per heavy atom. The molecule has 0 saturated heterocycles. The Bertz CT molecular complexity index is 926. The van der Waals surface area contributed by atoms with Crippen LogP contribution in [0, 0.1) is 0 Å². The SMILES string of the molecule is BC1=C(B)c2occ(C(=O)c3ccc(O)c(Cl)c3)c2C(=O)C1=O. The molecule has 0 amide bonds. The lowest BCUT2D eigenvalue weighted by atomic mass is 9.70. The van der Waals surface area contributed by atoms with Gasteiger partial charge in [0.15, 0.2) is 5.78 Å². The first-order valence-corrected chi connectivity index (χ1v) is 7.12. The first-order chi connectivity index (χ1) is 10.8. The molecule has 5 nitrogen and oxygen atoms in total. The van der Waals surface area contributed by atoms with E-state index in [1.807, 2.05) is 0 Å². The number of phenols is 1. The third-order valence-corrected chi connectivity index (χ3v) is 4.23. The zero-order chi connectivity index (χ0) is 16.9. The molecule has 1 N–H and O–H groups in total. The van der Waals surface area contributed by atoms with Crippen molar-refractivity contribution < 1.29 is 23.9 Å². The van der Waals surface area contributed by atoms with Crippen molar-refractivity contribution in [3.63, 3.8) is 0 Å². The average Bonchev–Trinajstić information content (AvgIpc) is 2.97. The van der Waals surface area contributed by atoms with Crippen LogP contribution < -0.4 is 0 Å². The van der Waals surface area contributed by atoms with Gasteiger partial charge in [0, 0.05) is 5.56 Å². The van der Waals surface area contributed by atoms with Gasteiger partial charge in [0.1, 0.15) is 33.5 Å². The molecule has 0 fully saturated rings. The molecule has 8 heteroatoms. The van der Waals surface area contributed by atoms with E-state index in [-0.39, 0.29) is 33.2 Å². The fourth-order valence-electron chi connectivity index (χ4n) is 2.45. The van der Waals surface area contributed by atoms with Crippen molar-refractivity contribution >= 4 is 50.1 Å². The summed E-state index contributed by atoms with van der Waals surface area (Å²) in [6, 6.07) is 3.96. The number of Topliss-reactive ketones (excluding diaryl/α,β-unsaturated/α-hetero) is 2. The maximum absolute atomic E-state index is 12.6. The minimum Gasteiger partial charge on any atom is -0.506 e. The van der Waals surface area contributed by atoms with E-state index in [0.717, 1.165) is 0 Å². The Hall–Kier alpha value is -2.53. The molecule has 0 saturated carbocycles. The van der Waals surface area contributed by atoms with Crippen LogP contribution in [0.25, 0.3) is 5.47 Å². The molecule has 0 unspecified atom stereocenters. The van der Waals surface area contributed by atoms with E-state index in [0.29, 0.717) is 10.9 Å². The summed E-state index contributed by atoms with van der Waals surface area (Å²) < 4.78 is 5.35. The van der Waals surface area contributed by atoms with Crippen LogP contribution in [0.15, 0.2) is 34.4 Å². The molecule has 2 aromatic rings. The molecule has 0 atom stereocenters. The number of aromatic hydroxyl groups is 1. The summed E-state index contributed by atoms with van der Waals surface area (Å²) >= 11 is 5.80. The molecule has 112 valence electrons. The molecule has 0 aliphatic heterocycles. The Morgan fingerprint density at radius 3 is 2.48 bits per heavy atom. The second-order valence-electron chi connectivity index (χ2n) is 5.26. The van der Waals surface area contributed by atoms with Crippen molar-refractivity contribution in [2.24, 2.45) is 0 Å². The van der Waals surface area contributed by atoms with E-state index < -0.39 is 17.3 Å². The topological polar surface area (TPSA) is 84.6 Å². The third-order valence-electron chi connectivity index (χ3n) is 3.92. The van der Waals surface area contributed by atoms with Crippen LogP contribution in [-0.2, 0) is 4.79 Å². The van der Waals surface area contributed by atoms with Crippen molar-refractivity contribution in [2.75, 3.05) is 0 Å². The second-order valence-corrected chi connectivity index (χ2v) is 5.66. The maximum Gasteiger partial charge on any atom is 0.236 e. The number of carbonyl (C=O) groups excluding carboxylic acids is 3. The van der Waals surface area contributed by atoms with Gasteiger partial charge in [0.25, 0.3) is 0 Å². The molecule has 1 aromatic carbocycles. The summed E-state index contributed by atoms with van der Waals surface area (Å²) in [5.74, 6) is -1.83. The van der Waals surface area contributed by atoms with E-state index in [1.165, 1.54) is 24.5 Å². The first kappa shape index (κ1) is 15.4. The second kappa shape index (κ2) is 5.28. The molecule has 23 heavy (non-hydrogen) atoms. The van der Waals surface area contributed by atoms with Crippen molar-refractivity contribution in [1.82, 2.24) is 0 Å². The number of phenolic OH excluding ortho intramolecular Hbond substituents is 1. The van der Waals surface area contributed by atoms with Gasteiger partial charge in [-0.25, -0.2) is 0 Å². The van der Waals surface area contributed by atoms with Gasteiger partial charge in [-0.15, -0.1) is 0 Å². The van der Waals surface area contributed by atoms with E-state index >= 15 is 0 Å². The van der Waals surface area contributed by atoms with Crippen molar-refractivity contribution in [3.8, 4) is 5.75 Å². The number of ketones is 3. The minimum atomic E-state index is -0.759. The summed E-state index contributed by atoms with van der Waals surface area (Å²) in [6.45, 7) is 0. The Labute approximate surface area is 137 Å². The Morgan fingerprint density at radius 1 is 1.13 bits per heavy atom. The quantitative estimate of drug-likeness (QED) is 0.495. The number of furan rings is 1. The number of hydrogen-bond donors (Lipinski definition) is 1. The van der Waals surface area contributed by atoms with Gasteiger partial charge in [-0.1, -0.05) is 11.6 Å². The summed E-state index contributed by atoms with van der Waals surface area (Å²) in [5.41, 5.74) is 1.01. The van der Waals surface area contributed by atoms with Gasteiger partial charge in [-0.2, -0.15) is 0 Å². The van der Waals surface area contributed by atoms with Crippen LogP contribution in [0.4, 0.5) is 0 Å². The van der Waals surface area contributed by atoms with Gasteiger partial charge in [-0.3, -0.25) is 14.4 Å². The molecule has 0 spiro atoms. The van der Waals surface area contributed by atoms with Gasteiger partial charge in [0.2, 0.25) is 11.6 Å².